The third-order valence-electron chi connectivity index (χ3n) is 4.85. The predicted octanol–water partition coefficient (Wildman–Crippen LogP) is 3.73. The number of aliphatic hydroxyl groups excluding tert-OH is 1. The Kier molecular flexibility index (Phi) is 9.00. The van der Waals surface area contributed by atoms with Gasteiger partial charge in [0.2, 0.25) is 5.75 Å². The number of carbonyl (C=O) groups excluding carboxylic acids is 1. The number of ether oxygens (including phenoxy) is 2. The van der Waals surface area contributed by atoms with E-state index in [0.29, 0.717) is 37.2 Å². The summed E-state index contributed by atoms with van der Waals surface area (Å²) in [7, 11) is 1.47. The average molecular weight is 433 g/mol. The van der Waals surface area contributed by atoms with Gasteiger partial charge >= 0.3 is 0 Å². The summed E-state index contributed by atoms with van der Waals surface area (Å²) in [5.74, 6) is 0.200. The number of methoxy groups -OCH3 is 1. The highest BCUT2D eigenvalue weighted by molar-refractivity contribution is 5.79. The van der Waals surface area contributed by atoms with E-state index in [1.807, 2.05) is 13.8 Å². The minimum absolute atomic E-state index is 0.0377. The molecule has 31 heavy (non-hydrogen) atoms. The summed E-state index contributed by atoms with van der Waals surface area (Å²) < 4.78 is 10.6. The Labute approximate surface area is 182 Å². The second-order valence-electron chi connectivity index (χ2n) is 8.11. The zero-order valence-electron chi connectivity index (χ0n) is 18.3. The molecule has 0 unspecified atom stereocenters. The number of phenolic OH excluding ortho intramolecular Hbond substituents is 3. The first-order valence-electron chi connectivity index (χ1n) is 10.4. The first-order chi connectivity index (χ1) is 14.7. The highest BCUT2D eigenvalue weighted by atomic mass is 16.5. The molecule has 0 radical (unpaired) electrons. The van der Waals surface area contributed by atoms with Crippen LogP contribution in [0.2, 0.25) is 0 Å². The van der Waals surface area contributed by atoms with Crippen molar-refractivity contribution in [3.8, 4) is 28.7 Å². The fourth-order valence-corrected chi connectivity index (χ4v) is 3.12. The quantitative estimate of drug-likeness (QED) is 0.378. The normalized spacial score (nSPS) is 12.0. The van der Waals surface area contributed by atoms with Crippen molar-refractivity contribution in [3.05, 3.63) is 41.5 Å². The Morgan fingerprint density at radius 1 is 0.968 bits per heavy atom. The highest BCUT2D eigenvalue weighted by Crippen LogP contribution is 2.37. The van der Waals surface area contributed by atoms with Gasteiger partial charge in [-0.25, -0.2) is 0 Å². The van der Waals surface area contributed by atoms with Gasteiger partial charge in [-0.1, -0.05) is 19.9 Å². The van der Waals surface area contributed by atoms with Crippen molar-refractivity contribution < 1.29 is 34.7 Å². The Morgan fingerprint density at radius 2 is 1.68 bits per heavy atom. The maximum atomic E-state index is 12.3. The largest absolute Gasteiger partial charge is 0.504 e. The van der Waals surface area contributed by atoms with E-state index in [-0.39, 0.29) is 47.5 Å². The molecule has 2 aromatic carbocycles. The smallest absolute Gasteiger partial charge is 0.200 e. The zero-order chi connectivity index (χ0) is 23.0. The fourth-order valence-electron chi connectivity index (χ4n) is 3.12. The lowest BCUT2D eigenvalue weighted by Crippen LogP contribution is -2.15. The van der Waals surface area contributed by atoms with Gasteiger partial charge in [0.1, 0.15) is 5.78 Å². The van der Waals surface area contributed by atoms with E-state index in [2.05, 4.69) is 0 Å². The lowest BCUT2D eigenvalue weighted by molar-refractivity contribution is -0.121. The molecule has 0 heterocycles. The summed E-state index contributed by atoms with van der Waals surface area (Å²) in [5, 5.41) is 39.7. The molecule has 7 nitrogen and oxygen atoms in total. The van der Waals surface area contributed by atoms with E-state index in [1.54, 1.807) is 18.2 Å². The van der Waals surface area contributed by atoms with E-state index < -0.39 is 6.10 Å². The van der Waals surface area contributed by atoms with Gasteiger partial charge in [0.25, 0.3) is 0 Å². The van der Waals surface area contributed by atoms with Crippen LogP contribution >= 0.6 is 0 Å². The van der Waals surface area contributed by atoms with Gasteiger partial charge in [-0.05, 0) is 60.6 Å². The summed E-state index contributed by atoms with van der Waals surface area (Å²) >= 11 is 0. The summed E-state index contributed by atoms with van der Waals surface area (Å²) in [6, 6.07) is 8.04. The molecule has 0 aromatic heterocycles. The van der Waals surface area contributed by atoms with Gasteiger partial charge < -0.3 is 29.9 Å². The molecule has 0 aliphatic heterocycles. The van der Waals surface area contributed by atoms with Crippen LogP contribution in [0, 0.1) is 5.92 Å². The summed E-state index contributed by atoms with van der Waals surface area (Å²) in [4.78, 5) is 12.3. The molecule has 1 atom stereocenters. The van der Waals surface area contributed by atoms with Crippen LogP contribution in [0.5, 0.6) is 28.7 Å². The van der Waals surface area contributed by atoms with Gasteiger partial charge in [-0.2, -0.15) is 0 Å². The van der Waals surface area contributed by atoms with Crippen molar-refractivity contribution in [2.24, 2.45) is 5.92 Å². The standard InChI is InChI=1S/C24H32O7/c1-15(2)14-31-23-12-17(10-21(28)24(23)29)5-8-19(26)13-18(25)7-4-16-6-9-20(27)22(11-16)30-3/h6,9-12,15,18,25,27-29H,4-5,7-8,13-14H2,1-3H3/t18-/m1/s1. The zero-order valence-corrected chi connectivity index (χ0v) is 18.3. The van der Waals surface area contributed by atoms with E-state index in [4.69, 9.17) is 9.47 Å². The van der Waals surface area contributed by atoms with Crippen molar-refractivity contribution >= 4 is 5.78 Å². The van der Waals surface area contributed by atoms with Crippen molar-refractivity contribution in [2.45, 2.75) is 52.1 Å². The van der Waals surface area contributed by atoms with Crippen molar-refractivity contribution in [1.29, 1.82) is 0 Å². The molecule has 0 saturated carbocycles. The van der Waals surface area contributed by atoms with Gasteiger partial charge in [0, 0.05) is 12.8 Å². The maximum absolute atomic E-state index is 12.3. The molecule has 0 saturated heterocycles. The van der Waals surface area contributed by atoms with E-state index in [9.17, 15) is 25.2 Å². The first kappa shape index (κ1) is 24.3. The number of benzene rings is 2. The molecule has 0 bridgehead atoms. The molecule has 0 aliphatic carbocycles. The SMILES string of the molecule is COc1cc(CC[C@@H](O)CC(=O)CCc2cc(O)c(O)c(OCC(C)C)c2)ccc1O. The molecule has 0 aliphatic rings. The Morgan fingerprint density at radius 3 is 2.35 bits per heavy atom. The number of hydrogen-bond donors (Lipinski definition) is 4. The van der Waals surface area contributed by atoms with Crippen LogP contribution in [0.4, 0.5) is 0 Å². The number of phenols is 3. The minimum atomic E-state index is -0.773. The monoisotopic (exact) mass is 432 g/mol. The molecule has 0 spiro atoms. The second kappa shape index (κ2) is 11.5. The highest BCUT2D eigenvalue weighted by Gasteiger charge is 2.15. The van der Waals surface area contributed by atoms with Gasteiger partial charge in [0.05, 0.1) is 19.8 Å². The number of ketones is 1. The van der Waals surface area contributed by atoms with E-state index in [1.165, 1.54) is 19.2 Å². The number of aromatic hydroxyl groups is 3. The number of hydrogen-bond acceptors (Lipinski definition) is 7. The Bertz CT molecular complexity index is 876. The van der Waals surface area contributed by atoms with Crippen molar-refractivity contribution in [2.75, 3.05) is 13.7 Å². The fraction of sp³-hybridized carbons (Fsp3) is 0.458. The molecule has 2 rings (SSSR count). The van der Waals surface area contributed by atoms with Gasteiger partial charge in [-0.15, -0.1) is 0 Å². The van der Waals surface area contributed by atoms with Crippen molar-refractivity contribution in [1.82, 2.24) is 0 Å². The Balaban J connectivity index is 1.84. The van der Waals surface area contributed by atoms with Crippen LogP contribution in [0.15, 0.2) is 30.3 Å². The number of aryl methyl sites for hydroxylation is 2. The summed E-state index contributed by atoms with van der Waals surface area (Å²) in [6.45, 7) is 4.35. The van der Waals surface area contributed by atoms with Crippen molar-refractivity contribution in [3.63, 3.8) is 0 Å². The molecule has 0 amide bonds. The topological polar surface area (TPSA) is 116 Å². The van der Waals surface area contributed by atoms with Gasteiger partial charge in [0.15, 0.2) is 23.0 Å². The third-order valence-corrected chi connectivity index (χ3v) is 4.85. The van der Waals surface area contributed by atoms with Gasteiger partial charge in [-0.3, -0.25) is 4.79 Å². The third kappa shape index (κ3) is 7.68. The molecular formula is C24H32O7. The molecule has 7 heteroatoms. The molecule has 170 valence electrons. The number of carbonyl (C=O) groups is 1. The Hall–Kier alpha value is -2.93. The number of rotatable bonds is 12. The predicted molar refractivity (Wildman–Crippen MR) is 117 cm³/mol. The summed E-state index contributed by atoms with van der Waals surface area (Å²) in [5.41, 5.74) is 1.57. The minimum Gasteiger partial charge on any atom is -0.504 e. The average Bonchev–Trinajstić information content (AvgIpc) is 2.72. The molecule has 4 N–H and O–H groups in total. The van der Waals surface area contributed by atoms with Crippen LogP contribution in [-0.2, 0) is 17.6 Å². The van der Waals surface area contributed by atoms with E-state index >= 15 is 0 Å². The second-order valence-corrected chi connectivity index (χ2v) is 8.11. The molecular weight excluding hydrogens is 400 g/mol. The molecule has 0 fully saturated rings. The molecule has 2 aromatic rings. The number of aliphatic hydroxyl groups is 1. The lowest BCUT2D eigenvalue weighted by atomic mass is 9.99. The van der Waals surface area contributed by atoms with Crippen LogP contribution < -0.4 is 9.47 Å². The lowest BCUT2D eigenvalue weighted by Gasteiger charge is -2.13. The number of Topliss-reactive ketones (excluding diaryl/α,β-unsaturated/α-hetero) is 1. The van der Waals surface area contributed by atoms with Crippen LogP contribution in [0.3, 0.4) is 0 Å². The summed E-state index contributed by atoms with van der Waals surface area (Å²) in [6.07, 6.45) is 0.798. The van der Waals surface area contributed by atoms with E-state index in [0.717, 1.165) is 5.56 Å². The van der Waals surface area contributed by atoms with Crippen LogP contribution in [0.25, 0.3) is 0 Å². The first-order valence-corrected chi connectivity index (χ1v) is 10.4. The van der Waals surface area contributed by atoms with Crippen LogP contribution in [-0.4, -0.2) is 46.0 Å². The van der Waals surface area contributed by atoms with Crippen LogP contribution in [0.1, 0.15) is 44.2 Å². The maximum Gasteiger partial charge on any atom is 0.200 e.